The lowest BCUT2D eigenvalue weighted by molar-refractivity contribution is -0.148. The molecule has 1 unspecified atom stereocenters. The van der Waals surface area contributed by atoms with E-state index < -0.39 is 11.9 Å². The van der Waals surface area contributed by atoms with Gasteiger partial charge in [0.15, 0.2) is 0 Å². The molecule has 0 amide bonds. The van der Waals surface area contributed by atoms with Crippen LogP contribution in [0.2, 0.25) is 0 Å². The van der Waals surface area contributed by atoms with Gasteiger partial charge in [-0.2, -0.15) is 5.26 Å². The molecule has 0 aliphatic heterocycles. The van der Waals surface area contributed by atoms with Crippen LogP contribution in [-0.2, 0) is 14.3 Å². The molecule has 1 fully saturated rings. The SMILES string of the molecule is CCOC(=O)C(C#N)[C@H]1CCCC(=O)C1. The van der Waals surface area contributed by atoms with Crippen LogP contribution in [0, 0.1) is 23.2 Å². The molecule has 82 valence electrons. The summed E-state index contributed by atoms with van der Waals surface area (Å²) in [6, 6.07) is 1.95. The van der Waals surface area contributed by atoms with Crippen LogP contribution in [0.1, 0.15) is 32.6 Å². The highest BCUT2D eigenvalue weighted by Crippen LogP contribution is 2.28. The summed E-state index contributed by atoms with van der Waals surface area (Å²) in [5.74, 6) is -1.25. The van der Waals surface area contributed by atoms with Crippen molar-refractivity contribution in [2.45, 2.75) is 32.6 Å². The summed E-state index contributed by atoms with van der Waals surface area (Å²) >= 11 is 0. The molecule has 4 heteroatoms. The van der Waals surface area contributed by atoms with Crippen LogP contribution >= 0.6 is 0 Å². The number of nitrogens with zero attached hydrogens (tertiary/aromatic N) is 1. The standard InChI is InChI=1S/C11H15NO3/c1-2-15-11(14)10(7-12)8-4-3-5-9(13)6-8/h8,10H,2-6H2,1H3/t8-,10?/m0/s1. The van der Waals surface area contributed by atoms with Gasteiger partial charge in [-0.25, -0.2) is 0 Å². The van der Waals surface area contributed by atoms with Crippen LogP contribution < -0.4 is 0 Å². The zero-order valence-corrected chi connectivity index (χ0v) is 8.86. The molecule has 0 aromatic heterocycles. The molecular formula is C11H15NO3. The number of carbonyl (C=O) groups excluding carboxylic acids is 2. The summed E-state index contributed by atoms with van der Waals surface area (Å²) in [6.45, 7) is 1.98. The van der Waals surface area contributed by atoms with Gasteiger partial charge in [0.1, 0.15) is 11.7 Å². The third kappa shape index (κ3) is 3.05. The van der Waals surface area contributed by atoms with E-state index in [-0.39, 0.29) is 18.3 Å². The fourth-order valence-corrected chi connectivity index (χ4v) is 1.93. The van der Waals surface area contributed by atoms with Crippen molar-refractivity contribution in [3.05, 3.63) is 0 Å². The molecule has 4 nitrogen and oxygen atoms in total. The van der Waals surface area contributed by atoms with Crippen molar-refractivity contribution in [1.29, 1.82) is 5.26 Å². The van der Waals surface area contributed by atoms with Gasteiger partial charge < -0.3 is 4.74 Å². The second-order valence-corrected chi connectivity index (χ2v) is 3.75. The predicted molar refractivity (Wildman–Crippen MR) is 52.7 cm³/mol. The van der Waals surface area contributed by atoms with Crippen LogP contribution in [0.5, 0.6) is 0 Å². The van der Waals surface area contributed by atoms with Crippen molar-refractivity contribution >= 4 is 11.8 Å². The number of rotatable bonds is 3. The van der Waals surface area contributed by atoms with E-state index in [2.05, 4.69) is 0 Å². The normalized spacial score (nSPS) is 22.9. The highest BCUT2D eigenvalue weighted by molar-refractivity contribution is 5.81. The Bertz CT molecular complexity index is 293. The largest absolute Gasteiger partial charge is 0.465 e. The van der Waals surface area contributed by atoms with Crippen LogP contribution in [-0.4, -0.2) is 18.4 Å². The first kappa shape index (κ1) is 11.7. The molecule has 0 heterocycles. The van der Waals surface area contributed by atoms with Gasteiger partial charge in [-0.05, 0) is 25.7 Å². The van der Waals surface area contributed by atoms with E-state index in [9.17, 15) is 9.59 Å². The molecule has 0 radical (unpaired) electrons. The number of ether oxygens (including phenoxy) is 1. The van der Waals surface area contributed by atoms with Crippen molar-refractivity contribution in [2.75, 3.05) is 6.61 Å². The van der Waals surface area contributed by atoms with E-state index in [1.54, 1.807) is 6.92 Å². The van der Waals surface area contributed by atoms with E-state index in [0.29, 0.717) is 12.8 Å². The minimum atomic E-state index is -0.769. The number of hydrogen-bond donors (Lipinski definition) is 0. The number of carbonyl (C=O) groups is 2. The molecule has 0 aromatic rings. The fourth-order valence-electron chi connectivity index (χ4n) is 1.93. The molecule has 1 aliphatic rings. The first-order chi connectivity index (χ1) is 7.19. The topological polar surface area (TPSA) is 67.2 Å². The van der Waals surface area contributed by atoms with E-state index in [0.717, 1.165) is 12.8 Å². The van der Waals surface area contributed by atoms with Crippen molar-refractivity contribution in [3.63, 3.8) is 0 Å². The molecule has 0 spiro atoms. The molecule has 1 rings (SSSR count). The smallest absolute Gasteiger partial charge is 0.323 e. The van der Waals surface area contributed by atoms with Gasteiger partial charge in [0, 0.05) is 12.8 Å². The van der Waals surface area contributed by atoms with E-state index >= 15 is 0 Å². The number of hydrogen-bond acceptors (Lipinski definition) is 4. The summed E-state index contributed by atoms with van der Waals surface area (Å²) in [7, 11) is 0. The summed E-state index contributed by atoms with van der Waals surface area (Å²) < 4.78 is 4.81. The zero-order valence-electron chi connectivity index (χ0n) is 8.86. The van der Waals surface area contributed by atoms with Gasteiger partial charge in [-0.3, -0.25) is 9.59 Å². The lowest BCUT2D eigenvalue weighted by Crippen LogP contribution is -2.29. The summed E-state index contributed by atoms with van der Waals surface area (Å²) in [5.41, 5.74) is 0. The first-order valence-corrected chi connectivity index (χ1v) is 5.27. The number of ketones is 1. The van der Waals surface area contributed by atoms with E-state index in [1.165, 1.54) is 0 Å². The van der Waals surface area contributed by atoms with Gasteiger partial charge in [0.05, 0.1) is 12.7 Å². The highest BCUT2D eigenvalue weighted by atomic mass is 16.5. The minimum absolute atomic E-state index is 0.143. The Morgan fingerprint density at radius 3 is 3.00 bits per heavy atom. The van der Waals surface area contributed by atoms with Gasteiger partial charge in [0.25, 0.3) is 0 Å². The molecule has 15 heavy (non-hydrogen) atoms. The fraction of sp³-hybridized carbons (Fsp3) is 0.727. The molecule has 1 aliphatic carbocycles. The average Bonchev–Trinajstić information content (AvgIpc) is 2.19. The second kappa shape index (κ2) is 5.50. The molecule has 0 aromatic carbocycles. The van der Waals surface area contributed by atoms with Crippen LogP contribution in [0.15, 0.2) is 0 Å². The molecule has 0 bridgehead atoms. The quantitative estimate of drug-likeness (QED) is 0.660. The third-order valence-corrected chi connectivity index (χ3v) is 2.67. The lowest BCUT2D eigenvalue weighted by atomic mass is 9.80. The molecule has 0 saturated heterocycles. The van der Waals surface area contributed by atoms with Crippen LogP contribution in [0.4, 0.5) is 0 Å². The van der Waals surface area contributed by atoms with Crippen LogP contribution in [0.3, 0.4) is 0 Å². The summed E-state index contributed by atoms with van der Waals surface area (Å²) in [5, 5.41) is 8.90. The maximum Gasteiger partial charge on any atom is 0.323 e. The Morgan fingerprint density at radius 1 is 1.73 bits per heavy atom. The van der Waals surface area contributed by atoms with Gasteiger partial charge in [0.2, 0.25) is 0 Å². The predicted octanol–water partition coefficient (Wildman–Crippen LogP) is 1.45. The summed E-state index contributed by atoms with van der Waals surface area (Å²) in [4.78, 5) is 22.6. The Hall–Kier alpha value is -1.37. The number of nitriles is 1. The van der Waals surface area contributed by atoms with Gasteiger partial charge in [-0.15, -0.1) is 0 Å². The van der Waals surface area contributed by atoms with Crippen molar-refractivity contribution < 1.29 is 14.3 Å². The van der Waals surface area contributed by atoms with E-state index in [1.807, 2.05) is 6.07 Å². The molecular weight excluding hydrogens is 194 g/mol. The summed E-state index contributed by atoms with van der Waals surface area (Å²) in [6.07, 6.45) is 2.47. The van der Waals surface area contributed by atoms with Crippen LogP contribution in [0.25, 0.3) is 0 Å². The number of esters is 1. The van der Waals surface area contributed by atoms with Gasteiger partial charge in [-0.1, -0.05) is 0 Å². The Balaban J connectivity index is 2.62. The maximum atomic E-state index is 11.4. The van der Waals surface area contributed by atoms with Crippen molar-refractivity contribution in [1.82, 2.24) is 0 Å². The third-order valence-electron chi connectivity index (χ3n) is 2.67. The Labute approximate surface area is 89.2 Å². The lowest BCUT2D eigenvalue weighted by Gasteiger charge is -2.23. The molecule has 1 saturated carbocycles. The Morgan fingerprint density at radius 2 is 2.47 bits per heavy atom. The Kier molecular flexibility index (Phi) is 4.29. The minimum Gasteiger partial charge on any atom is -0.465 e. The average molecular weight is 209 g/mol. The molecule has 2 atom stereocenters. The van der Waals surface area contributed by atoms with Gasteiger partial charge >= 0.3 is 5.97 Å². The monoisotopic (exact) mass is 209 g/mol. The molecule has 0 N–H and O–H groups in total. The number of Topliss-reactive ketones (excluding diaryl/α,β-unsaturated/α-hetero) is 1. The maximum absolute atomic E-state index is 11.4. The zero-order chi connectivity index (χ0) is 11.3. The van der Waals surface area contributed by atoms with Crippen molar-refractivity contribution in [3.8, 4) is 6.07 Å². The second-order valence-electron chi connectivity index (χ2n) is 3.75. The first-order valence-electron chi connectivity index (χ1n) is 5.27. The van der Waals surface area contributed by atoms with Crippen molar-refractivity contribution in [2.24, 2.45) is 11.8 Å². The van der Waals surface area contributed by atoms with E-state index in [4.69, 9.17) is 10.00 Å². The highest BCUT2D eigenvalue weighted by Gasteiger charge is 2.33.